The molecule has 0 saturated carbocycles. The Bertz CT molecular complexity index is 654. The lowest BCUT2D eigenvalue weighted by molar-refractivity contribution is -0.140. The van der Waals surface area contributed by atoms with E-state index in [-0.39, 0.29) is 26.2 Å². The highest BCUT2D eigenvalue weighted by atomic mass is 16.4. The van der Waals surface area contributed by atoms with Crippen molar-refractivity contribution < 1.29 is 39.6 Å². The van der Waals surface area contributed by atoms with Crippen LogP contribution in [0.1, 0.15) is 12.8 Å². The Labute approximate surface area is 224 Å². The molecule has 0 aromatic heterocycles. The highest BCUT2D eigenvalue weighted by Gasteiger charge is 2.21. The monoisotopic (exact) mass is 544 g/mol. The molecule has 0 aliphatic carbocycles. The predicted octanol–water partition coefficient (Wildman–Crippen LogP) is -2.06. The summed E-state index contributed by atoms with van der Waals surface area (Å²) in [7, 11) is 0. The third-order valence-corrected chi connectivity index (χ3v) is 7.03. The molecule has 2 fully saturated rings. The normalized spacial score (nSPS) is 20.9. The van der Waals surface area contributed by atoms with E-state index in [2.05, 4.69) is 9.80 Å². The van der Waals surface area contributed by atoms with Gasteiger partial charge in [0.2, 0.25) is 0 Å². The van der Waals surface area contributed by atoms with E-state index in [0.717, 1.165) is 25.9 Å². The molecule has 0 aromatic rings. The van der Waals surface area contributed by atoms with Crippen molar-refractivity contribution in [1.82, 2.24) is 29.4 Å². The van der Waals surface area contributed by atoms with Crippen molar-refractivity contribution in [1.29, 1.82) is 0 Å². The molecular formula is C24H44N6O8. The van der Waals surface area contributed by atoms with E-state index in [0.29, 0.717) is 78.5 Å². The van der Waals surface area contributed by atoms with Gasteiger partial charge in [-0.3, -0.25) is 38.8 Å². The van der Waals surface area contributed by atoms with E-state index >= 15 is 0 Å². The van der Waals surface area contributed by atoms with Crippen LogP contribution in [0.15, 0.2) is 0 Å². The summed E-state index contributed by atoms with van der Waals surface area (Å²) >= 11 is 0. The van der Waals surface area contributed by atoms with Gasteiger partial charge in [0.05, 0.1) is 26.2 Å². The minimum Gasteiger partial charge on any atom is -0.480 e. The van der Waals surface area contributed by atoms with Crippen molar-refractivity contribution in [3.05, 3.63) is 0 Å². The molecule has 2 aliphatic rings. The molecule has 2 saturated heterocycles. The molecule has 0 atom stereocenters. The second-order valence-corrected chi connectivity index (χ2v) is 10.1. The molecule has 0 amide bonds. The lowest BCUT2D eigenvalue weighted by Crippen LogP contribution is -2.40. The minimum absolute atomic E-state index is 0.0680. The van der Waals surface area contributed by atoms with Gasteiger partial charge in [0.15, 0.2) is 0 Å². The summed E-state index contributed by atoms with van der Waals surface area (Å²) in [5.74, 6) is -3.58. The van der Waals surface area contributed by atoms with Crippen LogP contribution < -0.4 is 0 Å². The summed E-state index contributed by atoms with van der Waals surface area (Å²) in [6.45, 7) is 8.70. The molecule has 14 nitrogen and oxygen atoms in total. The molecule has 0 radical (unpaired) electrons. The van der Waals surface area contributed by atoms with Crippen molar-refractivity contribution in [2.24, 2.45) is 0 Å². The smallest absolute Gasteiger partial charge is 0.317 e. The number of carboxylic acids is 4. The van der Waals surface area contributed by atoms with Crippen molar-refractivity contribution in [2.75, 3.05) is 118 Å². The summed E-state index contributed by atoms with van der Waals surface area (Å²) in [5.41, 5.74) is 0. The second-order valence-electron chi connectivity index (χ2n) is 10.1. The van der Waals surface area contributed by atoms with E-state index < -0.39 is 23.9 Å². The van der Waals surface area contributed by atoms with Crippen LogP contribution in [0, 0.1) is 0 Å². The number of aliphatic carboxylic acids is 4. The van der Waals surface area contributed by atoms with Crippen LogP contribution in [0.2, 0.25) is 0 Å². The van der Waals surface area contributed by atoms with Crippen LogP contribution in [-0.4, -0.2) is 192 Å². The van der Waals surface area contributed by atoms with E-state index in [1.807, 2.05) is 19.6 Å². The molecule has 2 rings (SSSR count). The van der Waals surface area contributed by atoms with Crippen LogP contribution >= 0.6 is 0 Å². The minimum atomic E-state index is -0.895. The van der Waals surface area contributed by atoms with Gasteiger partial charge in [-0.05, 0) is 25.9 Å². The van der Waals surface area contributed by atoms with Gasteiger partial charge >= 0.3 is 23.9 Å². The Kier molecular flexibility index (Phi) is 14.5. The average molecular weight is 545 g/mol. The lowest BCUT2D eigenvalue weighted by atomic mass is 10.2. The molecule has 0 spiro atoms. The quantitative estimate of drug-likeness (QED) is 0.187. The fraction of sp³-hybridized carbons (Fsp3) is 0.833. The Balaban J connectivity index is 1.87. The van der Waals surface area contributed by atoms with Gasteiger partial charge in [0.1, 0.15) is 0 Å². The van der Waals surface area contributed by atoms with E-state index in [1.165, 1.54) is 0 Å². The zero-order valence-corrected chi connectivity index (χ0v) is 22.2. The van der Waals surface area contributed by atoms with Gasteiger partial charge in [0.25, 0.3) is 0 Å². The largest absolute Gasteiger partial charge is 0.480 e. The maximum atomic E-state index is 11.2. The van der Waals surface area contributed by atoms with Crippen molar-refractivity contribution >= 4 is 23.9 Å². The SMILES string of the molecule is O=C(O)CN1CCN(CCCCN2CCN(CC(=O)O)CCN(CC(=O)O)CC2)CCN(CC(=O)O)CC1. The molecule has 0 bridgehead atoms. The zero-order chi connectivity index (χ0) is 27.9. The Morgan fingerprint density at radius 2 is 0.553 bits per heavy atom. The first-order valence-electron chi connectivity index (χ1n) is 13.3. The first-order chi connectivity index (χ1) is 18.1. The van der Waals surface area contributed by atoms with Crippen LogP contribution in [0.5, 0.6) is 0 Å². The number of hydrogen-bond acceptors (Lipinski definition) is 10. The zero-order valence-electron chi connectivity index (χ0n) is 22.2. The van der Waals surface area contributed by atoms with Gasteiger partial charge in [-0.2, -0.15) is 0 Å². The fourth-order valence-electron chi connectivity index (χ4n) is 4.88. The van der Waals surface area contributed by atoms with Gasteiger partial charge in [0, 0.05) is 78.5 Å². The summed E-state index contributed by atoms with van der Waals surface area (Å²) in [6.07, 6.45) is 1.82. The Morgan fingerprint density at radius 3 is 0.737 bits per heavy atom. The first kappa shape index (κ1) is 31.9. The molecule has 14 heteroatoms. The number of carbonyl (C=O) groups is 4. The number of carboxylic acid groups (broad SMARTS) is 4. The predicted molar refractivity (Wildman–Crippen MR) is 138 cm³/mol. The van der Waals surface area contributed by atoms with Gasteiger partial charge in [-0.15, -0.1) is 0 Å². The standard InChI is InChI=1S/C24H44N6O8/c31-21(32)17-27-9-5-25(6-10-28(14-13-27)18-22(33)34)3-1-2-4-26-7-11-29(19-23(35)36)15-16-30(12-8-26)20-24(37)38/h1-20H2,(H,31,32)(H,33,34)(H,35,36)(H,37,38). The summed E-state index contributed by atoms with van der Waals surface area (Å²) in [4.78, 5) is 56.9. The van der Waals surface area contributed by atoms with Crippen LogP contribution in [0.3, 0.4) is 0 Å². The van der Waals surface area contributed by atoms with Crippen LogP contribution in [0.25, 0.3) is 0 Å². The number of rotatable bonds is 13. The molecule has 2 heterocycles. The van der Waals surface area contributed by atoms with E-state index in [4.69, 9.17) is 0 Å². The number of hydrogen-bond donors (Lipinski definition) is 4. The first-order valence-corrected chi connectivity index (χ1v) is 13.3. The van der Waals surface area contributed by atoms with Crippen LogP contribution in [0.4, 0.5) is 0 Å². The molecule has 4 N–H and O–H groups in total. The van der Waals surface area contributed by atoms with E-state index in [1.54, 1.807) is 0 Å². The maximum absolute atomic E-state index is 11.2. The third kappa shape index (κ3) is 14.0. The van der Waals surface area contributed by atoms with Crippen molar-refractivity contribution in [3.8, 4) is 0 Å². The second kappa shape index (κ2) is 17.3. The summed E-state index contributed by atoms with van der Waals surface area (Å²) < 4.78 is 0. The Morgan fingerprint density at radius 1 is 0.368 bits per heavy atom. The van der Waals surface area contributed by atoms with E-state index in [9.17, 15) is 39.6 Å². The van der Waals surface area contributed by atoms with Gasteiger partial charge < -0.3 is 30.2 Å². The fourth-order valence-corrected chi connectivity index (χ4v) is 4.88. The molecule has 0 unspecified atom stereocenters. The summed E-state index contributed by atoms with van der Waals surface area (Å²) in [5, 5.41) is 36.9. The van der Waals surface area contributed by atoms with Gasteiger partial charge in [-0.25, -0.2) is 0 Å². The average Bonchev–Trinajstić information content (AvgIpc) is 2.96. The molecular weight excluding hydrogens is 500 g/mol. The molecule has 0 aromatic carbocycles. The maximum Gasteiger partial charge on any atom is 0.317 e. The van der Waals surface area contributed by atoms with Gasteiger partial charge in [-0.1, -0.05) is 0 Å². The van der Waals surface area contributed by atoms with Crippen LogP contribution in [-0.2, 0) is 19.2 Å². The van der Waals surface area contributed by atoms with Crippen molar-refractivity contribution in [3.63, 3.8) is 0 Å². The highest BCUT2D eigenvalue weighted by molar-refractivity contribution is 5.70. The third-order valence-electron chi connectivity index (χ3n) is 7.03. The molecule has 218 valence electrons. The Hall–Kier alpha value is -2.36. The van der Waals surface area contributed by atoms with Crippen molar-refractivity contribution in [2.45, 2.75) is 12.8 Å². The highest BCUT2D eigenvalue weighted by Crippen LogP contribution is 2.06. The molecule has 2 aliphatic heterocycles. The number of unbranched alkanes of at least 4 members (excludes halogenated alkanes) is 1. The molecule has 38 heavy (non-hydrogen) atoms. The summed E-state index contributed by atoms with van der Waals surface area (Å²) in [6, 6.07) is 0. The lowest BCUT2D eigenvalue weighted by Gasteiger charge is -2.27. The number of nitrogens with zero attached hydrogens (tertiary/aromatic N) is 6. The topological polar surface area (TPSA) is 169 Å².